The Labute approximate surface area is 288 Å². The van der Waals surface area contributed by atoms with Gasteiger partial charge in [-0.05, 0) is 118 Å². The van der Waals surface area contributed by atoms with E-state index in [1.54, 1.807) is 0 Å². The number of benzene rings is 8. The molecule has 0 aliphatic carbocycles. The molecule has 0 aromatic heterocycles. The molecular formula is C47H36N2. The van der Waals surface area contributed by atoms with Crippen LogP contribution in [0.1, 0.15) is 16.7 Å². The highest BCUT2D eigenvalue weighted by molar-refractivity contribution is 5.91. The molecular weight excluding hydrogens is 593 g/mol. The molecule has 0 bridgehead atoms. The molecule has 8 aromatic rings. The van der Waals surface area contributed by atoms with Gasteiger partial charge in [0, 0.05) is 34.1 Å². The predicted molar refractivity (Wildman–Crippen MR) is 211 cm³/mol. The summed E-state index contributed by atoms with van der Waals surface area (Å²) in [6.45, 7) is 2.14. The highest BCUT2D eigenvalue weighted by Gasteiger charge is 2.14. The van der Waals surface area contributed by atoms with Crippen molar-refractivity contribution >= 4 is 67.8 Å². The van der Waals surface area contributed by atoms with Crippen molar-refractivity contribution < 1.29 is 0 Å². The smallest absolute Gasteiger partial charge is 0.0468 e. The third-order valence-electron chi connectivity index (χ3n) is 9.03. The molecule has 2 heteroatoms. The maximum absolute atomic E-state index is 2.33. The number of para-hydroxylation sites is 1. The van der Waals surface area contributed by atoms with Crippen molar-refractivity contribution in [2.24, 2.45) is 0 Å². The largest absolute Gasteiger partial charge is 0.310 e. The van der Waals surface area contributed by atoms with E-state index in [1.807, 2.05) is 0 Å². The van der Waals surface area contributed by atoms with Crippen molar-refractivity contribution in [1.29, 1.82) is 0 Å². The molecule has 0 heterocycles. The highest BCUT2D eigenvalue weighted by Crippen LogP contribution is 2.38. The van der Waals surface area contributed by atoms with E-state index in [0.717, 1.165) is 45.3 Å². The molecule has 0 N–H and O–H groups in total. The number of hydrogen-bond donors (Lipinski definition) is 0. The van der Waals surface area contributed by atoms with Gasteiger partial charge in [0.15, 0.2) is 0 Å². The molecule has 0 radical (unpaired) electrons. The molecule has 49 heavy (non-hydrogen) atoms. The van der Waals surface area contributed by atoms with Crippen molar-refractivity contribution in [2.75, 3.05) is 9.80 Å². The molecule has 234 valence electrons. The summed E-state index contributed by atoms with van der Waals surface area (Å²) in [6.07, 6.45) is 4.37. The van der Waals surface area contributed by atoms with Gasteiger partial charge in [-0.1, -0.05) is 127 Å². The van der Waals surface area contributed by atoms with E-state index in [2.05, 4.69) is 217 Å². The summed E-state index contributed by atoms with van der Waals surface area (Å²) >= 11 is 0. The van der Waals surface area contributed by atoms with Gasteiger partial charge >= 0.3 is 0 Å². The number of nitrogens with zero attached hydrogens (tertiary/aromatic N) is 2. The summed E-state index contributed by atoms with van der Waals surface area (Å²) in [6, 6.07) is 67.2. The zero-order chi connectivity index (χ0) is 33.0. The topological polar surface area (TPSA) is 6.48 Å². The van der Waals surface area contributed by atoms with E-state index >= 15 is 0 Å². The van der Waals surface area contributed by atoms with Crippen LogP contribution in [-0.4, -0.2) is 0 Å². The zero-order valence-electron chi connectivity index (χ0n) is 27.4. The van der Waals surface area contributed by atoms with Crippen LogP contribution in [0.5, 0.6) is 0 Å². The Bertz CT molecular complexity index is 2390. The van der Waals surface area contributed by atoms with E-state index in [9.17, 15) is 0 Å². The van der Waals surface area contributed by atoms with E-state index in [4.69, 9.17) is 0 Å². The van der Waals surface area contributed by atoms with Gasteiger partial charge in [-0.2, -0.15) is 0 Å². The Kier molecular flexibility index (Phi) is 8.19. The van der Waals surface area contributed by atoms with Crippen molar-refractivity contribution in [2.45, 2.75) is 6.92 Å². The number of fused-ring (bicyclic) bond motifs is 2. The SMILES string of the molecule is Cc1cccc(N(c2ccc(/C=C/c3ccc(N(c4ccccc4)c4ccc5ccccc5c4)cc3)cc2)c2ccc3ccccc3c2)c1. The van der Waals surface area contributed by atoms with Crippen molar-refractivity contribution in [3.8, 4) is 0 Å². The molecule has 0 saturated heterocycles. The highest BCUT2D eigenvalue weighted by atomic mass is 15.1. The molecule has 0 unspecified atom stereocenters. The zero-order valence-corrected chi connectivity index (χ0v) is 27.4. The minimum absolute atomic E-state index is 1.12. The Morgan fingerprint density at radius 2 is 0.694 bits per heavy atom. The van der Waals surface area contributed by atoms with Gasteiger partial charge in [-0.15, -0.1) is 0 Å². The fourth-order valence-corrected chi connectivity index (χ4v) is 6.53. The van der Waals surface area contributed by atoms with E-state index in [-0.39, 0.29) is 0 Å². The molecule has 0 amide bonds. The molecule has 0 aliphatic heterocycles. The van der Waals surface area contributed by atoms with Crippen LogP contribution in [0.15, 0.2) is 188 Å². The fourth-order valence-electron chi connectivity index (χ4n) is 6.53. The van der Waals surface area contributed by atoms with Crippen LogP contribution >= 0.6 is 0 Å². The number of anilines is 6. The Hall–Kier alpha value is -6.38. The van der Waals surface area contributed by atoms with E-state index in [0.29, 0.717) is 0 Å². The Morgan fingerprint density at radius 1 is 0.306 bits per heavy atom. The summed E-state index contributed by atoms with van der Waals surface area (Å²) in [7, 11) is 0. The van der Waals surface area contributed by atoms with Gasteiger partial charge in [-0.25, -0.2) is 0 Å². The summed E-state index contributed by atoms with van der Waals surface area (Å²) < 4.78 is 0. The van der Waals surface area contributed by atoms with Crippen LogP contribution in [0.2, 0.25) is 0 Å². The van der Waals surface area contributed by atoms with Crippen LogP contribution in [0, 0.1) is 6.92 Å². The van der Waals surface area contributed by atoms with Gasteiger partial charge in [0.05, 0.1) is 0 Å². The molecule has 0 atom stereocenters. The van der Waals surface area contributed by atoms with Crippen LogP contribution in [-0.2, 0) is 0 Å². The predicted octanol–water partition coefficient (Wildman–Crippen LogP) is 13.4. The normalized spacial score (nSPS) is 11.3. The maximum Gasteiger partial charge on any atom is 0.0468 e. The summed E-state index contributed by atoms with van der Waals surface area (Å²) in [5, 5.41) is 4.94. The first-order valence-electron chi connectivity index (χ1n) is 16.8. The molecule has 0 saturated carbocycles. The summed E-state index contributed by atoms with van der Waals surface area (Å²) in [4.78, 5) is 4.65. The second-order valence-corrected chi connectivity index (χ2v) is 12.4. The second-order valence-electron chi connectivity index (χ2n) is 12.4. The average molecular weight is 629 g/mol. The van der Waals surface area contributed by atoms with Crippen molar-refractivity contribution in [3.63, 3.8) is 0 Å². The van der Waals surface area contributed by atoms with Crippen molar-refractivity contribution in [3.05, 3.63) is 205 Å². The first-order valence-corrected chi connectivity index (χ1v) is 16.8. The average Bonchev–Trinajstić information content (AvgIpc) is 3.16. The van der Waals surface area contributed by atoms with Gasteiger partial charge in [0.2, 0.25) is 0 Å². The third-order valence-corrected chi connectivity index (χ3v) is 9.03. The van der Waals surface area contributed by atoms with E-state index in [1.165, 1.54) is 27.1 Å². The first kappa shape index (κ1) is 30.0. The summed E-state index contributed by atoms with van der Waals surface area (Å²) in [5.74, 6) is 0. The third kappa shape index (κ3) is 6.45. The van der Waals surface area contributed by atoms with Gasteiger partial charge in [-0.3, -0.25) is 0 Å². The Morgan fingerprint density at radius 3 is 1.20 bits per heavy atom. The summed E-state index contributed by atoms with van der Waals surface area (Å²) in [5.41, 5.74) is 10.3. The molecule has 8 rings (SSSR count). The molecule has 8 aromatic carbocycles. The number of aryl methyl sites for hydroxylation is 1. The first-order chi connectivity index (χ1) is 24.2. The number of hydrogen-bond acceptors (Lipinski definition) is 2. The van der Waals surface area contributed by atoms with Crippen molar-refractivity contribution in [1.82, 2.24) is 0 Å². The van der Waals surface area contributed by atoms with Crippen LogP contribution < -0.4 is 9.80 Å². The lowest BCUT2D eigenvalue weighted by atomic mass is 10.1. The quantitative estimate of drug-likeness (QED) is 0.155. The Balaban J connectivity index is 1.06. The fraction of sp³-hybridized carbons (Fsp3) is 0.0213. The van der Waals surface area contributed by atoms with Gasteiger partial charge < -0.3 is 9.80 Å². The molecule has 0 fully saturated rings. The standard InChI is InChI=1S/C47H36N2/c1-35-10-9-17-45(32-35)49(47-31-25-39-12-6-8-14-41(39)34-47)44-28-22-37(23-29-44)19-18-36-20-26-43(27-21-36)48(42-15-3-2-4-16-42)46-30-24-38-11-5-7-13-40(38)33-46/h2-34H,1H3/b19-18+. The lowest BCUT2D eigenvalue weighted by Gasteiger charge is -2.26. The second kappa shape index (κ2) is 13.4. The number of rotatable bonds is 8. The monoisotopic (exact) mass is 628 g/mol. The maximum atomic E-state index is 2.33. The van der Waals surface area contributed by atoms with E-state index < -0.39 is 0 Å². The van der Waals surface area contributed by atoms with Crippen LogP contribution in [0.4, 0.5) is 34.1 Å². The lowest BCUT2D eigenvalue weighted by Crippen LogP contribution is -2.10. The molecule has 0 aliphatic rings. The van der Waals surface area contributed by atoms with Gasteiger partial charge in [0.1, 0.15) is 0 Å². The van der Waals surface area contributed by atoms with Crippen LogP contribution in [0.3, 0.4) is 0 Å². The molecule has 2 nitrogen and oxygen atoms in total. The van der Waals surface area contributed by atoms with Gasteiger partial charge in [0.25, 0.3) is 0 Å². The van der Waals surface area contributed by atoms with Crippen LogP contribution in [0.25, 0.3) is 33.7 Å². The minimum Gasteiger partial charge on any atom is -0.310 e. The minimum atomic E-state index is 1.12. The lowest BCUT2D eigenvalue weighted by molar-refractivity contribution is 1.27. The molecule has 0 spiro atoms.